The second kappa shape index (κ2) is 7.76. The van der Waals surface area contributed by atoms with Crippen LogP contribution in [-0.4, -0.2) is 33.4 Å². The quantitative estimate of drug-likeness (QED) is 0.830. The van der Waals surface area contributed by atoms with Gasteiger partial charge in [-0.15, -0.1) is 0 Å². The summed E-state index contributed by atoms with van der Waals surface area (Å²) in [4.78, 5) is 18.7. The Kier molecular flexibility index (Phi) is 5.46. The highest BCUT2D eigenvalue weighted by atomic mass is 19.2. The third-order valence-electron chi connectivity index (χ3n) is 4.85. The summed E-state index contributed by atoms with van der Waals surface area (Å²) >= 11 is 0. The van der Waals surface area contributed by atoms with E-state index < -0.39 is 11.6 Å². The van der Waals surface area contributed by atoms with E-state index in [-0.39, 0.29) is 30.4 Å². The number of piperidine rings is 1. The van der Waals surface area contributed by atoms with E-state index in [4.69, 9.17) is 0 Å². The van der Waals surface area contributed by atoms with Gasteiger partial charge in [0.05, 0.1) is 6.04 Å². The Hall–Kier alpha value is -2.24. The number of halogens is 2. The number of carbonyl (C=O) groups excluding carboxylic acids is 1. The first kappa shape index (κ1) is 17.6. The van der Waals surface area contributed by atoms with Crippen molar-refractivity contribution in [2.75, 3.05) is 13.1 Å². The van der Waals surface area contributed by atoms with Gasteiger partial charge < -0.3 is 9.47 Å². The van der Waals surface area contributed by atoms with Gasteiger partial charge in [0.25, 0.3) is 0 Å². The molecule has 1 aromatic heterocycles. The van der Waals surface area contributed by atoms with Crippen molar-refractivity contribution < 1.29 is 13.6 Å². The molecular weight excluding hydrogens is 324 g/mol. The summed E-state index contributed by atoms with van der Waals surface area (Å²) in [6, 6.07) is 4.33. The van der Waals surface area contributed by atoms with Crippen molar-refractivity contribution in [1.29, 1.82) is 0 Å². The van der Waals surface area contributed by atoms with Crippen LogP contribution in [0.3, 0.4) is 0 Å². The Morgan fingerprint density at radius 1 is 1.36 bits per heavy atom. The van der Waals surface area contributed by atoms with E-state index in [0.29, 0.717) is 6.54 Å². The van der Waals surface area contributed by atoms with Crippen LogP contribution >= 0.6 is 0 Å². The van der Waals surface area contributed by atoms with Crippen molar-refractivity contribution in [3.05, 3.63) is 53.6 Å². The Morgan fingerprint density at radius 3 is 3.00 bits per heavy atom. The molecule has 6 heteroatoms. The summed E-state index contributed by atoms with van der Waals surface area (Å²) in [7, 11) is 0. The highest BCUT2D eigenvalue weighted by Crippen LogP contribution is 2.24. The first-order valence-electron chi connectivity index (χ1n) is 8.82. The van der Waals surface area contributed by atoms with E-state index in [1.54, 1.807) is 6.20 Å². The second-order valence-electron chi connectivity index (χ2n) is 6.45. The maximum absolute atomic E-state index is 13.7. The number of amides is 1. The number of rotatable bonds is 5. The smallest absolute Gasteiger partial charge is 0.222 e. The number of hydrogen-bond acceptors (Lipinski definition) is 2. The largest absolute Gasteiger partial charge is 0.341 e. The zero-order chi connectivity index (χ0) is 17.8. The van der Waals surface area contributed by atoms with Gasteiger partial charge in [-0.25, -0.2) is 13.8 Å². The lowest BCUT2D eigenvalue weighted by molar-refractivity contribution is -0.132. The number of aryl methyl sites for hydroxylation is 2. The maximum Gasteiger partial charge on any atom is 0.222 e. The Balaban J connectivity index is 1.61. The molecule has 1 aliphatic rings. The molecule has 25 heavy (non-hydrogen) atoms. The van der Waals surface area contributed by atoms with Crippen LogP contribution in [-0.2, 0) is 17.6 Å². The molecule has 1 fully saturated rings. The van der Waals surface area contributed by atoms with E-state index in [1.807, 2.05) is 11.1 Å². The van der Waals surface area contributed by atoms with E-state index in [1.165, 1.54) is 12.1 Å². The number of aromatic nitrogens is 2. The predicted molar refractivity (Wildman–Crippen MR) is 91.1 cm³/mol. The van der Waals surface area contributed by atoms with E-state index in [9.17, 15) is 13.6 Å². The Bertz CT molecular complexity index is 744. The van der Waals surface area contributed by atoms with Crippen molar-refractivity contribution in [3.8, 4) is 0 Å². The molecule has 0 unspecified atom stereocenters. The van der Waals surface area contributed by atoms with Crippen LogP contribution in [0.1, 0.15) is 43.6 Å². The van der Waals surface area contributed by atoms with Gasteiger partial charge in [0.2, 0.25) is 5.91 Å². The highest BCUT2D eigenvalue weighted by molar-refractivity contribution is 5.76. The molecule has 0 radical (unpaired) electrons. The van der Waals surface area contributed by atoms with Crippen LogP contribution in [0, 0.1) is 11.6 Å². The summed E-state index contributed by atoms with van der Waals surface area (Å²) in [5, 5.41) is 0. The van der Waals surface area contributed by atoms with Crippen molar-refractivity contribution in [1.82, 2.24) is 14.5 Å². The molecule has 1 saturated heterocycles. The summed E-state index contributed by atoms with van der Waals surface area (Å²) in [6.45, 7) is 3.43. The lowest BCUT2D eigenvalue weighted by Crippen LogP contribution is -2.41. The van der Waals surface area contributed by atoms with E-state index in [2.05, 4.69) is 16.5 Å². The molecule has 1 atom stereocenters. The van der Waals surface area contributed by atoms with Gasteiger partial charge in [-0.2, -0.15) is 0 Å². The fraction of sp³-hybridized carbons (Fsp3) is 0.474. The lowest BCUT2D eigenvalue weighted by Gasteiger charge is -2.34. The van der Waals surface area contributed by atoms with E-state index >= 15 is 0 Å². The molecule has 2 heterocycles. The third kappa shape index (κ3) is 3.89. The number of nitrogens with zero attached hydrogens (tertiary/aromatic N) is 3. The van der Waals surface area contributed by atoms with Crippen LogP contribution in [0.4, 0.5) is 8.78 Å². The molecule has 0 aliphatic carbocycles. The van der Waals surface area contributed by atoms with Crippen molar-refractivity contribution >= 4 is 5.91 Å². The minimum atomic E-state index is -0.866. The molecule has 0 bridgehead atoms. The van der Waals surface area contributed by atoms with Crippen molar-refractivity contribution in [2.45, 2.75) is 45.1 Å². The molecule has 0 N–H and O–H groups in total. The maximum atomic E-state index is 13.7. The zero-order valence-electron chi connectivity index (χ0n) is 14.4. The average molecular weight is 347 g/mol. The first-order chi connectivity index (χ1) is 12.1. The number of benzene rings is 1. The predicted octanol–water partition coefficient (Wildman–Crippen LogP) is 3.52. The Morgan fingerprint density at radius 2 is 2.20 bits per heavy atom. The standard InChI is InChI=1S/C19H23F2N3O/c1-2-17-22-10-12-24(17)15-6-4-11-23(13-15)18(25)9-8-14-5-3-7-16(20)19(14)21/h3,5,7,10,12,15H,2,4,6,8-9,11,13H2,1H3/t15-/m1/s1. The SMILES string of the molecule is CCc1nccn1[C@@H]1CCCN(C(=O)CCc2cccc(F)c2F)C1. The summed E-state index contributed by atoms with van der Waals surface area (Å²) in [5.41, 5.74) is 0.254. The first-order valence-corrected chi connectivity index (χ1v) is 8.82. The van der Waals surface area contributed by atoms with Crippen LogP contribution in [0.5, 0.6) is 0 Å². The van der Waals surface area contributed by atoms with Gasteiger partial charge in [-0.1, -0.05) is 19.1 Å². The molecule has 0 spiro atoms. The van der Waals surface area contributed by atoms with Gasteiger partial charge in [-0.3, -0.25) is 4.79 Å². The van der Waals surface area contributed by atoms with Gasteiger partial charge in [0, 0.05) is 38.3 Å². The third-order valence-corrected chi connectivity index (χ3v) is 4.85. The van der Waals surface area contributed by atoms with Gasteiger partial charge in [-0.05, 0) is 30.9 Å². The zero-order valence-corrected chi connectivity index (χ0v) is 14.4. The fourth-order valence-corrected chi connectivity index (χ4v) is 3.50. The monoisotopic (exact) mass is 347 g/mol. The number of carbonyl (C=O) groups is 1. The number of imidazole rings is 1. The molecule has 3 rings (SSSR count). The van der Waals surface area contributed by atoms with Gasteiger partial charge >= 0.3 is 0 Å². The normalized spacial score (nSPS) is 17.7. The number of likely N-dealkylation sites (tertiary alicyclic amines) is 1. The fourth-order valence-electron chi connectivity index (χ4n) is 3.50. The van der Waals surface area contributed by atoms with Gasteiger partial charge in [0.15, 0.2) is 11.6 Å². The van der Waals surface area contributed by atoms with Gasteiger partial charge in [0.1, 0.15) is 5.82 Å². The highest BCUT2D eigenvalue weighted by Gasteiger charge is 2.25. The Labute approximate surface area is 146 Å². The molecule has 0 saturated carbocycles. The summed E-state index contributed by atoms with van der Waals surface area (Å²) in [5.74, 6) is -0.694. The molecule has 4 nitrogen and oxygen atoms in total. The summed E-state index contributed by atoms with van der Waals surface area (Å²) < 4.78 is 29.1. The van der Waals surface area contributed by atoms with Crippen molar-refractivity contribution in [3.63, 3.8) is 0 Å². The molecule has 1 amide bonds. The summed E-state index contributed by atoms with van der Waals surface area (Å²) in [6.07, 6.45) is 6.99. The van der Waals surface area contributed by atoms with Crippen LogP contribution in [0.25, 0.3) is 0 Å². The average Bonchev–Trinajstić information content (AvgIpc) is 3.11. The second-order valence-corrected chi connectivity index (χ2v) is 6.45. The minimum Gasteiger partial charge on any atom is -0.341 e. The molecular formula is C19H23F2N3O. The molecule has 134 valence electrons. The van der Waals surface area contributed by atoms with Crippen LogP contribution < -0.4 is 0 Å². The van der Waals surface area contributed by atoms with Crippen LogP contribution in [0.15, 0.2) is 30.6 Å². The topological polar surface area (TPSA) is 38.1 Å². The molecule has 1 aliphatic heterocycles. The van der Waals surface area contributed by atoms with Crippen LogP contribution in [0.2, 0.25) is 0 Å². The van der Waals surface area contributed by atoms with E-state index in [0.717, 1.165) is 37.7 Å². The lowest BCUT2D eigenvalue weighted by atomic mass is 10.0. The molecule has 1 aromatic carbocycles. The molecule has 2 aromatic rings. The number of hydrogen-bond donors (Lipinski definition) is 0. The minimum absolute atomic E-state index is 0.00785. The van der Waals surface area contributed by atoms with Crippen molar-refractivity contribution in [2.24, 2.45) is 0 Å².